The molecule has 1 saturated carbocycles. The van der Waals surface area contributed by atoms with Gasteiger partial charge in [-0.25, -0.2) is 0 Å². The van der Waals surface area contributed by atoms with E-state index in [1.807, 2.05) is 25.1 Å². The minimum absolute atomic E-state index is 0.195. The van der Waals surface area contributed by atoms with Crippen molar-refractivity contribution < 1.29 is 9.53 Å². The average Bonchev–Trinajstić information content (AvgIpc) is 2.38. The van der Waals surface area contributed by atoms with Crippen LogP contribution in [0.5, 0.6) is 5.75 Å². The zero-order valence-corrected chi connectivity index (χ0v) is 11.6. The highest BCUT2D eigenvalue weighted by molar-refractivity contribution is 6.02. The van der Waals surface area contributed by atoms with E-state index in [1.165, 1.54) is 6.42 Å². The van der Waals surface area contributed by atoms with Crippen LogP contribution in [-0.2, 0) is 0 Å². The maximum Gasteiger partial charge on any atom is 0.172 e. The lowest BCUT2D eigenvalue weighted by molar-refractivity contribution is 0.0746. The van der Waals surface area contributed by atoms with E-state index in [0.717, 1.165) is 36.8 Å². The maximum absolute atomic E-state index is 12.8. The van der Waals surface area contributed by atoms with Gasteiger partial charge in [0.15, 0.2) is 5.78 Å². The summed E-state index contributed by atoms with van der Waals surface area (Å²) in [5, 5.41) is 0. The van der Waals surface area contributed by atoms with Crippen molar-refractivity contribution in [2.75, 3.05) is 7.11 Å². The van der Waals surface area contributed by atoms with Crippen molar-refractivity contribution in [3.8, 4) is 5.75 Å². The van der Waals surface area contributed by atoms with Gasteiger partial charge in [-0.05, 0) is 31.9 Å². The van der Waals surface area contributed by atoms with Crippen LogP contribution in [0, 0.1) is 12.3 Å². The normalized spacial score (nSPS) is 18.4. The number of hydrogen-bond donors (Lipinski definition) is 0. The minimum atomic E-state index is -0.195. The molecule has 1 aliphatic rings. The first-order chi connectivity index (χ1) is 8.57. The standard InChI is InChI=1S/C16H22O2/c1-12-7-8-14(18-3)13(11-12)15(17)16(2)9-5-4-6-10-16/h7-8,11H,4-6,9-10H2,1-3H3. The highest BCUT2D eigenvalue weighted by Gasteiger charge is 2.36. The number of carbonyl (C=O) groups is 1. The largest absolute Gasteiger partial charge is 0.496 e. The first-order valence-electron chi connectivity index (χ1n) is 6.76. The number of rotatable bonds is 3. The SMILES string of the molecule is COc1ccc(C)cc1C(=O)C1(C)CCCCC1. The Morgan fingerprint density at radius 1 is 1.22 bits per heavy atom. The van der Waals surface area contributed by atoms with Gasteiger partial charge in [-0.3, -0.25) is 4.79 Å². The van der Waals surface area contributed by atoms with E-state index in [9.17, 15) is 4.79 Å². The van der Waals surface area contributed by atoms with Gasteiger partial charge < -0.3 is 4.74 Å². The predicted molar refractivity (Wildman–Crippen MR) is 73.3 cm³/mol. The fourth-order valence-corrected chi connectivity index (χ4v) is 2.88. The van der Waals surface area contributed by atoms with Gasteiger partial charge in [-0.2, -0.15) is 0 Å². The topological polar surface area (TPSA) is 26.3 Å². The molecule has 2 rings (SSSR count). The third kappa shape index (κ3) is 2.43. The Morgan fingerprint density at radius 3 is 2.50 bits per heavy atom. The second kappa shape index (κ2) is 5.13. The van der Waals surface area contributed by atoms with Crippen LogP contribution in [0.2, 0.25) is 0 Å². The molecule has 0 unspecified atom stereocenters. The van der Waals surface area contributed by atoms with E-state index in [-0.39, 0.29) is 11.2 Å². The van der Waals surface area contributed by atoms with Gasteiger partial charge in [-0.1, -0.05) is 37.8 Å². The number of methoxy groups -OCH3 is 1. The molecule has 0 atom stereocenters. The summed E-state index contributed by atoms with van der Waals surface area (Å²) in [5.41, 5.74) is 1.67. The molecule has 0 saturated heterocycles. The third-order valence-electron chi connectivity index (χ3n) is 4.10. The molecule has 0 spiro atoms. The zero-order valence-electron chi connectivity index (χ0n) is 11.6. The zero-order chi connectivity index (χ0) is 13.2. The average molecular weight is 246 g/mol. The van der Waals surface area contributed by atoms with Gasteiger partial charge in [0.1, 0.15) is 5.75 Å². The number of hydrogen-bond acceptors (Lipinski definition) is 2. The molecule has 0 bridgehead atoms. The monoisotopic (exact) mass is 246 g/mol. The van der Waals surface area contributed by atoms with Crippen LogP contribution in [0.25, 0.3) is 0 Å². The highest BCUT2D eigenvalue weighted by Crippen LogP contribution is 2.40. The summed E-state index contributed by atoms with van der Waals surface area (Å²) >= 11 is 0. The second-order valence-electron chi connectivity index (χ2n) is 5.65. The molecule has 1 aliphatic carbocycles. The molecular formula is C16H22O2. The smallest absolute Gasteiger partial charge is 0.172 e. The summed E-state index contributed by atoms with van der Waals surface area (Å²) in [4.78, 5) is 12.8. The Balaban J connectivity index is 2.35. The molecule has 18 heavy (non-hydrogen) atoms. The van der Waals surface area contributed by atoms with Crippen LogP contribution in [-0.4, -0.2) is 12.9 Å². The molecule has 98 valence electrons. The lowest BCUT2D eigenvalue weighted by Crippen LogP contribution is -2.30. The fraction of sp³-hybridized carbons (Fsp3) is 0.562. The van der Waals surface area contributed by atoms with Crippen molar-refractivity contribution in [1.82, 2.24) is 0 Å². The molecule has 0 aromatic heterocycles. The summed E-state index contributed by atoms with van der Waals surface area (Å²) in [6.45, 7) is 4.12. The van der Waals surface area contributed by atoms with E-state index in [4.69, 9.17) is 4.74 Å². The highest BCUT2D eigenvalue weighted by atomic mass is 16.5. The number of ketones is 1. The van der Waals surface area contributed by atoms with Gasteiger partial charge >= 0.3 is 0 Å². The summed E-state index contributed by atoms with van der Waals surface area (Å²) in [6, 6.07) is 5.84. The molecule has 1 aromatic rings. The van der Waals surface area contributed by atoms with Gasteiger partial charge in [0.25, 0.3) is 0 Å². The molecule has 0 N–H and O–H groups in total. The first-order valence-corrected chi connectivity index (χ1v) is 6.76. The van der Waals surface area contributed by atoms with Gasteiger partial charge in [0.05, 0.1) is 12.7 Å². The van der Waals surface area contributed by atoms with Gasteiger partial charge in [-0.15, -0.1) is 0 Å². The Hall–Kier alpha value is -1.31. The number of aryl methyl sites for hydroxylation is 1. The van der Waals surface area contributed by atoms with Gasteiger partial charge in [0.2, 0.25) is 0 Å². The fourth-order valence-electron chi connectivity index (χ4n) is 2.88. The van der Waals surface area contributed by atoms with Crippen LogP contribution in [0.15, 0.2) is 18.2 Å². The van der Waals surface area contributed by atoms with Crippen molar-refractivity contribution in [2.24, 2.45) is 5.41 Å². The van der Waals surface area contributed by atoms with Crippen molar-refractivity contribution in [3.63, 3.8) is 0 Å². The van der Waals surface area contributed by atoms with Crippen LogP contribution in [0.3, 0.4) is 0 Å². The molecule has 0 aliphatic heterocycles. The molecular weight excluding hydrogens is 224 g/mol. The van der Waals surface area contributed by atoms with Crippen LogP contribution in [0.4, 0.5) is 0 Å². The summed E-state index contributed by atoms with van der Waals surface area (Å²) in [5.74, 6) is 0.958. The minimum Gasteiger partial charge on any atom is -0.496 e. The number of benzene rings is 1. The van der Waals surface area contributed by atoms with E-state index < -0.39 is 0 Å². The van der Waals surface area contributed by atoms with Crippen LogP contribution >= 0.6 is 0 Å². The van der Waals surface area contributed by atoms with Gasteiger partial charge in [0, 0.05) is 5.41 Å². The maximum atomic E-state index is 12.8. The van der Waals surface area contributed by atoms with E-state index >= 15 is 0 Å². The summed E-state index contributed by atoms with van der Waals surface area (Å²) in [7, 11) is 1.63. The van der Waals surface area contributed by atoms with Crippen LogP contribution in [0.1, 0.15) is 54.9 Å². The summed E-state index contributed by atoms with van der Waals surface area (Å²) < 4.78 is 5.34. The lowest BCUT2D eigenvalue weighted by Gasteiger charge is -2.32. The Labute approximate surface area is 109 Å². The first kappa shape index (κ1) is 13.1. The Morgan fingerprint density at radius 2 is 1.89 bits per heavy atom. The number of ether oxygens (including phenoxy) is 1. The molecule has 2 nitrogen and oxygen atoms in total. The molecule has 1 fully saturated rings. The molecule has 0 radical (unpaired) electrons. The third-order valence-corrected chi connectivity index (χ3v) is 4.10. The molecule has 0 amide bonds. The Bertz CT molecular complexity index is 442. The second-order valence-corrected chi connectivity index (χ2v) is 5.65. The van der Waals surface area contributed by atoms with E-state index in [2.05, 4.69) is 6.92 Å². The van der Waals surface area contributed by atoms with Crippen molar-refractivity contribution >= 4 is 5.78 Å². The van der Waals surface area contributed by atoms with Crippen molar-refractivity contribution in [1.29, 1.82) is 0 Å². The number of Topliss-reactive ketones (excluding diaryl/α,β-unsaturated/α-hetero) is 1. The van der Waals surface area contributed by atoms with Crippen molar-refractivity contribution in [3.05, 3.63) is 29.3 Å². The van der Waals surface area contributed by atoms with E-state index in [1.54, 1.807) is 7.11 Å². The lowest BCUT2D eigenvalue weighted by atomic mass is 9.71. The Kier molecular flexibility index (Phi) is 3.74. The van der Waals surface area contributed by atoms with E-state index in [0.29, 0.717) is 5.75 Å². The molecule has 2 heteroatoms. The molecule has 1 aromatic carbocycles. The van der Waals surface area contributed by atoms with Crippen molar-refractivity contribution in [2.45, 2.75) is 46.0 Å². The molecule has 0 heterocycles. The quantitative estimate of drug-likeness (QED) is 0.749. The van der Waals surface area contributed by atoms with Crippen LogP contribution < -0.4 is 4.74 Å². The predicted octanol–water partition coefficient (Wildman–Crippen LogP) is 4.16. The summed E-state index contributed by atoms with van der Waals surface area (Å²) in [6.07, 6.45) is 5.59. The number of carbonyl (C=O) groups excluding carboxylic acids is 1.